The van der Waals surface area contributed by atoms with Gasteiger partial charge < -0.3 is 15.5 Å². The number of aromatic amines is 1. The van der Waals surface area contributed by atoms with E-state index in [1.807, 2.05) is 66.7 Å². The standard InChI is InChI=1S/C29H24N6O3/c30-27(36)18-12-10-17(11-13-18)25-22(14-15-24-33-35-29(38-24)19-6-2-1-3-7-19)32-34-26(25)23-16-20-8-4-5-9-21(20)28(37)31-23/h1-13,23H,14-16H2,(H2,30,36)(H,31,37)(H,32,34). The Kier molecular flexibility index (Phi) is 6.01. The summed E-state index contributed by atoms with van der Waals surface area (Å²) in [5, 5.41) is 19.3. The number of aromatic nitrogens is 4. The maximum absolute atomic E-state index is 12.8. The van der Waals surface area contributed by atoms with Crippen LogP contribution < -0.4 is 11.1 Å². The number of amides is 2. The summed E-state index contributed by atoms with van der Waals surface area (Å²) in [6, 6.07) is 24.0. The molecule has 3 heterocycles. The number of primary amides is 1. The van der Waals surface area contributed by atoms with Crippen LogP contribution in [-0.2, 0) is 19.3 Å². The van der Waals surface area contributed by atoms with Crippen molar-refractivity contribution in [3.8, 4) is 22.6 Å². The van der Waals surface area contributed by atoms with Crippen LogP contribution in [0.3, 0.4) is 0 Å². The van der Waals surface area contributed by atoms with Crippen molar-refractivity contribution in [2.24, 2.45) is 5.73 Å². The quantitative estimate of drug-likeness (QED) is 0.306. The molecule has 1 aliphatic heterocycles. The summed E-state index contributed by atoms with van der Waals surface area (Å²) in [6.07, 6.45) is 1.66. The summed E-state index contributed by atoms with van der Waals surface area (Å²) < 4.78 is 5.89. The lowest BCUT2D eigenvalue weighted by molar-refractivity contribution is 0.0923. The third-order valence-corrected chi connectivity index (χ3v) is 6.73. The number of nitrogens with zero attached hydrogens (tertiary/aromatic N) is 3. The van der Waals surface area contributed by atoms with Crippen LogP contribution in [0.5, 0.6) is 0 Å². The normalized spacial score (nSPS) is 14.6. The van der Waals surface area contributed by atoms with E-state index < -0.39 is 5.91 Å². The molecule has 2 aromatic heterocycles. The first-order chi connectivity index (χ1) is 18.6. The van der Waals surface area contributed by atoms with Crippen molar-refractivity contribution in [1.82, 2.24) is 25.7 Å². The van der Waals surface area contributed by atoms with Crippen LogP contribution in [-0.4, -0.2) is 32.2 Å². The predicted octanol–water partition coefficient (Wildman–Crippen LogP) is 4.04. The second kappa shape index (κ2) is 9.78. The summed E-state index contributed by atoms with van der Waals surface area (Å²) in [6.45, 7) is 0. The fourth-order valence-corrected chi connectivity index (χ4v) is 4.83. The molecule has 38 heavy (non-hydrogen) atoms. The van der Waals surface area contributed by atoms with Crippen molar-refractivity contribution in [3.63, 3.8) is 0 Å². The number of fused-ring (bicyclic) bond motifs is 1. The maximum Gasteiger partial charge on any atom is 0.252 e. The van der Waals surface area contributed by atoms with Gasteiger partial charge in [-0.05, 0) is 54.3 Å². The smallest absolute Gasteiger partial charge is 0.252 e. The van der Waals surface area contributed by atoms with Crippen LogP contribution in [0, 0.1) is 0 Å². The Labute approximate surface area is 218 Å². The molecule has 0 saturated heterocycles. The second-order valence-electron chi connectivity index (χ2n) is 9.16. The summed E-state index contributed by atoms with van der Waals surface area (Å²) in [7, 11) is 0. The number of carbonyl (C=O) groups is 2. The summed E-state index contributed by atoms with van der Waals surface area (Å²) in [5.74, 6) is 0.355. The van der Waals surface area contributed by atoms with Gasteiger partial charge in [-0.3, -0.25) is 14.7 Å². The number of aryl methyl sites for hydroxylation is 2. The topological polar surface area (TPSA) is 140 Å². The number of H-pyrrole nitrogens is 1. The van der Waals surface area contributed by atoms with Gasteiger partial charge in [-0.1, -0.05) is 48.5 Å². The highest BCUT2D eigenvalue weighted by Gasteiger charge is 2.30. The van der Waals surface area contributed by atoms with Crippen LogP contribution >= 0.6 is 0 Å². The molecule has 9 heteroatoms. The molecular weight excluding hydrogens is 480 g/mol. The van der Waals surface area contributed by atoms with Gasteiger partial charge >= 0.3 is 0 Å². The summed E-state index contributed by atoms with van der Waals surface area (Å²) in [4.78, 5) is 24.5. The minimum atomic E-state index is -0.494. The van der Waals surface area contributed by atoms with Crippen molar-refractivity contribution in [2.75, 3.05) is 0 Å². The Balaban J connectivity index is 1.32. The molecule has 9 nitrogen and oxygen atoms in total. The molecule has 0 saturated carbocycles. The minimum Gasteiger partial charge on any atom is -0.421 e. The third kappa shape index (κ3) is 4.45. The first-order valence-electron chi connectivity index (χ1n) is 12.3. The van der Waals surface area contributed by atoms with Crippen LogP contribution in [0.4, 0.5) is 0 Å². The number of nitrogens with one attached hydrogen (secondary N) is 2. The van der Waals surface area contributed by atoms with Gasteiger partial charge in [0.1, 0.15) is 0 Å². The van der Waals surface area contributed by atoms with Crippen LogP contribution in [0.2, 0.25) is 0 Å². The number of carbonyl (C=O) groups excluding carboxylic acids is 2. The van der Waals surface area contributed by atoms with E-state index in [9.17, 15) is 9.59 Å². The van der Waals surface area contributed by atoms with Gasteiger partial charge in [0.15, 0.2) is 0 Å². The van der Waals surface area contributed by atoms with Crippen molar-refractivity contribution in [2.45, 2.75) is 25.3 Å². The lowest BCUT2D eigenvalue weighted by Crippen LogP contribution is -2.35. The molecule has 4 N–H and O–H groups in total. The Morgan fingerprint density at radius 2 is 1.68 bits per heavy atom. The number of nitrogens with two attached hydrogens (primary N) is 1. The fraction of sp³-hybridized carbons (Fsp3) is 0.138. The van der Waals surface area contributed by atoms with Crippen molar-refractivity contribution in [3.05, 3.63) is 113 Å². The monoisotopic (exact) mass is 504 g/mol. The van der Waals surface area contributed by atoms with Crippen LogP contribution in [0.25, 0.3) is 22.6 Å². The zero-order valence-electron chi connectivity index (χ0n) is 20.3. The van der Waals surface area contributed by atoms with E-state index in [1.54, 1.807) is 12.1 Å². The zero-order chi connectivity index (χ0) is 26.1. The summed E-state index contributed by atoms with van der Waals surface area (Å²) >= 11 is 0. The number of benzene rings is 3. The van der Waals surface area contributed by atoms with Gasteiger partial charge in [-0.25, -0.2) is 0 Å². The van der Waals surface area contributed by atoms with Gasteiger partial charge in [0.05, 0.1) is 11.7 Å². The van der Waals surface area contributed by atoms with E-state index >= 15 is 0 Å². The predicted molar refractivity (Wildman–Crippen MR) is 140 cm³/mol. The van der Waals surface area contributed by atoms with Crippen LogP contribution in [0.1, 0.15) is 49.6 Å². The zero-order valence-corrected chi connectivity index (χ0v) is 20.3. The highest BCUT2D eigenvalue weighted by atomic mass is 16.4. The number of rotatable bonds is 7. The molecule has 0 fully saturated rings. The fourth-order valence-electron chi connectivity index (χ4n) is 4.83. The Morgan fingerprint density at radius 1 is 0.921 bits per heavy atom. The summed E-state index contributed by atoms with van der Waals surface area (Å²) in [5.41, 5.74) is 11.7. The molecule has 3 aromatic carbocycles. The van der Waals surface area contributed by atoms with Gasteiger partial charge in [0.2, 0.25) is 17.7 Å². The molecule has 0 aliphatic carbocycles. The minimum absolute atomic E-state index is 0.129. The largest absolute Gasteiger partial charge is 0.421 e. The van der Waals surface area contributed by atoms with E-state index in [0.717, 1.165) is 33.6 Å². The van der Waals surface area contributed by atoms with Gasteiger partial charge in [-0.15, -0.1) is 10.2 Å². The first-order valence-corrected chi connectivity index (χ1v) is 12.3. The maximum atomic E-state index is 12.8. The molecule has 1 aliphatic rings. The van der Waals surface area contributed by atoms with E-state index in [-0.39, 0.29) is 11.9 Å². The van der Waals surface area contributed by atoms with Crippen LogP contribution in [0.15, 0.2) is 83.3 Å². The Hall–Kier alpha value is -5.05. The molecule has 6 rings (SSSR count). The average Bonchev–Trinajstić information content (AvgIpc) is 3.60. The third-order valence-electron chi connectivity index (χ3n) is 6.73. The first kappa shape index (κ1) is 23.4. The molecule has 0 radical (unpaired) electrons. The van der Waals surface area contributed by atoms with Crippen molar-refractivity contribution in [1.29, 1.82) is 0 Å². The number of hydrogen-bond donors (Lipinski definition) is 3. The molecule has 2 amide bonds. The lowest BCUT2D eigenvalue weighted by Gasteiger charge is -2.25. The van der Waals surface area contributed by atoms with Gasteiger partial charge in [0.25, 0.3) is 5.91 Å². The number of hydrogen-bond acceptors (Lipinski definition) is 6. The SMILES string of the molecule is NC(=O)c1ccc(-c2c(C3Cc4ccccc4C(=O)N3)n[nH]c2CCc2nnc(-c3ccccc3)o2)cc1. The molecule has 188 valence electrons. The highest BCUT2D eigenvalue weighted by Crippen LogP contribution is 2.35. The molecular formula is C29H24N6O3. The van der Waals surface area contributed by atoms with Crippen molar-refractivity contribution >= 4 is 11.8 Å². The Morgan fingerprint density at radius 3 is 2.47 bits per heavy atom. The van der Waals surface area contributed by atoms with Gasteiger partial charge in [0, 0.05) is 34.4 Å². The molecule has 1 atom stereocenters. The molecule has 0 bridgehead atoms. The average molecular weight is 505 g/mol. The van der Waals surface area contributed by atoms with Crippen molar-refractivity contribution < 1.29 is 14.0 Å². The lowest BCUT2D eigenvalue weighted by atomic mass is 9.89. The second-order valence-corrected chi connectivity index (χ2v) is 9.16. The Bertz CT molecular complexity index is 1620. The molecule has 1 unspecified atom stereocenters. The highest BCUT2D eigenvalue weighted by molar-refractivity contribution is 5.97. The van der Waals surface area contributed by atoms with Gasteiger partial charge in [-0.2, -0.15) is 5.10 Å². The molecule has 5 aromatic rings. The van der Waals surface area contributed by atoms with E-state index in [4.69, 9.17) is 10.2 Å². The van der Waals surface area contributed by atoms with E-state index in [1.165, 1.54) is 0 Å². The van der Waals surface area contributed by atoms with E-state index in [0.29, 0.717) is 42.2 Å². The molecule has 0 spiro atoms. The van der Waals surface area contributed by atoms with E-state index in [2.05, 4.69) is 25.7 Å².